The summed E-state index contributed by atoms with van der Waals surface area (Å²) < 4.78 is 70.6. The lowest BCUT2D eigenvalue weighted by Gasteiger charge is -2.26. The van der Waals surface area contributed by atoms with Crippen molar-refractivity contribution in [2.24, 2.45) is 0 Å². The molecule has 2 aliphatic rings. The van der Waals surface area contributed by atoms with E-state index in [9.17, 15) is 50.4 Å². The summed E-state index contributed by atoms with van der Waals surface area (Å²) in [7, 11) is -8.27. The van der Waals surface area contributed by atoms with Gasteiger partial charge in [0.15, 0.2) is 0 Å². The first-order valence-corrected chi connectivity index (χ1v) is 36.2. The lowest BCUT2D eigenvalue weighted by Crippen LogP contribution is -2.43. The minimum Gasteiger partial charge on any atom is -0.379 e. The van der Waals surface area contributed by atoms with Crippen LogP contribution in [0, 0.1) is 27.7 Å². The molecule has 28 nitrogen and oxygen atoms in total. The highest BCUT2D eigenvalue weighted by molar-refractivity contribution is 7.93. The molecule has 2 saturated heterocycles. The first-order chi connectivity index (χ1) is 48.1. The Morgan fingerprint density at radius 3 is 1.35 bits per heavy atom. The molecule has 0 spiro atoms. The lowest BCUT2D eigenvalue weighted by atomic mass is 10.1. The first kappa shape index (κ1) is 76.2. The van der Waals surface area contributed by atoms with Gasteiger partial charge in [-0.1, -0.05) is 61.4 Å². The standard InChI is InChI=1S/C70H90N14O14S2/c1-48-17-27-60(99(92,93)81-58-23-19-56(20-24-58)77-79-69(90)67(88)72-30-11-33-83-35-39-96-40-36-83)50(3)64(48)75-62(85)45-52-13-9-15-54(43-52)47-98-74-32-8-6-5-7-29-71-66(87)55-16-10-14-53(44-55)46-63(86)76-65-49(2)18-28-61(51(65)4)100(94,95)82-59-25-21-57(22-26-59)78-80-70(91)68(89)73-31-12-34-84-37-41-97-42-38-84/h9-10,13-28,43-44,74,77-78,81-82H,5-8,11-12,29-42,45-47H2,1-4H3,(H,71,87)(H,72,88)(H,73,89)(H,75,85)(H,76,86)(H,79,90)(H,80,91). The highest BCUT2D eigenvalue weighted by Gasteiger charge is 2.25. The number of benzene rings is 6. The third-order valence-electron chi connectivity index (χ3n) is 16.5. The van der Waals surface area contributed by atoms with Crippen molar-refractivity contribution in [3.63, 3.8) is 0 Å². The first-order valence-electron chi connectivity index (χ1n) is 33.2. The van der Waals surface area contributed by atoms with Crippen molar-refractivity contribution >= 4 is 95.5 Å². The van der Waals surface area contributed by atoms with Crippen molar-refractivity contribution in [2.75, 3.05) is 123 Å². The second kappa shape index (κ2) is 38.2. The van der Waals surface area contributed by atoms with Gasteiger partial charge in [-0.2, -0.15) is 0 Å². The number of carbonyl (C=O) groups is 7. The maximum Gasteiger partial charge on any atom is 0.327 e. The van der Waals surface area contributed by atoms with Gasteiger partial charge in [-0.3, -0.25) is 79.3 Å². The maximum absolute atomic E-state index is 13.7. The molecule has 0 aliphatic carbocycles. The summed E-state index contributed by atoms with van der Waals surface area (Å²) in [5.41, 5.74) is 19.5. The second-order valence-corrected chi connectivity index (χ2v) is 27.5. The Balaban J connectivity index is 0.682. The Bertz CT molecular complexity index is 4040. The summed E-state index contributed by atoms with van der Waals surface area (Å²) in [4.78, 5) is 99.4. The Kier molecular flexibility index (Phi) is 29.1. The van der Waals surface area contributed by atoms with Crippen molar-refractivity contribution < 1.29 is 64.7 Å². The van der Waals surface area contributed by atoms with E-state index in [1.54, 1.807) is 64.1 Å². The third kappa shape index (κ3) is 24.1. The molecule has 0 atom stereocenters. The van der Waals surface area contributed by atoms with Crippen LogP contribution in [0.2, 0.25) is 0 Å². The normalized spacial score (nSPS) is 13.4. The van der Waals surface area contributed by atoms with Crippen LogP contribution >= 0.6 is 0 Å². The van der Waals surface area contributed by atoms with Gasteiger partial charge in [-0.05, 0) is 178 Å². The number of aryl methyl sites for hydroxylation is 2. The molecule has 0 unspecified atom stereocenters. The van der Waals surface area contributed by atoms with Crippen LogP contribution in [0.4, 0.5) is 34.1 Å². The van der Waals surface area contributed by atoms with Gasteiger partial charge in [0.25, 0.3) is 26.0 Å². The molecule has 7 amide bonds. The number of hydrogen-bond donors (Lipinski definition) is 12. The van der Waals surface area contributed by atoms with E-state index < -0.39 is 49.6 Å². The number of morpholine rings is 2. The predicted octanol–water partition coefficient (Wildman–Crippen LogP) is 5.46. The molecule has 0 bridgehead atoms. The molecule has 6 aromatic rings. The Hall–Kier alpha value is -9.53. The van der Waals surface area contributed by atoms with Gasteiger partial charge in [-0.15, -0.1) is 0 Å². The monoisotopic (exact) mass is 1410 g/mol. The summed E-state index contributed by atoms with van der Waals surface area (Å²) in [6.07, 6.45) is 4.60. The predicted molar refractivity (Wildman–Crippen MR) is 381 cm³/mol. The van der Waals surface area contributed by atoms with E-state index in [0.29, 0.717) is 122 Å². The topological polar surface area (TPSA) is 366 Å². The van der Waals surface area contributed by atoms with Gasteiger partial charge in [0, 0.05) is 80.7 Å². The van der Waals surface area contributed by atoms with E-state index in [-0.39, 0.29) is 52.4 Å². The van der Waals surface area contributed by atoms with Gasteiger partial charge in [-0.25, -0.2) is 22.3 Å². The molecule has 8 rings (SSSR count). The number of sulfonamides is 2. The Labute approximate surface area is 583 Å². The minimum absolute atomic E-state index is 0.0191. The van der Waals surface area contributed by atoms with Crippen LogP contribution in [-0.4, -0.2) is 160 Å². The van der Waals surface area contributed by atoms with Crippen LogP contribution in [0.3, 0.4) is 0 Å². The highest BCUT2D eigenvalue weighted by Crippen LogP contribution is 2.31. The molecule has 100 heavy (non-hydrogen) atoms. The molecule has 0 saturated carbocycles. The SMILES string of the molecule is Cc1ccc(S(=O)(=O)Nc2ccc(NNC(=O)C(=O)NCCCN3CCOCC3)cc2)c(C)c1NC(=O)Cc1cccc(CONCCCCCCNC(=O)c2cccc(CC(=O)Nc3c(C)ccc(S(=O)(=O)Nc4ccc(NNC(=O)C(=O)NCCCN5CCOCC5)cc4)c3C)c2)c1. The lowest BCUT2D eigenvalue weighted by molar-refractivity contribution is -0.138. The van der Waals surface area contributed by atoms with Crippen LogP contribution in [0.1, 0.15) is 87.8 Å². The quantitative estimate of drug-likeness (QED) is 0.0133. The van der Waals surface area contributed by atoms with E-state index >= 15 is 0 Å². The van der Waals surface area contributed by atoms with Gasteiger partial charge in [0.2, 0.25) is 11.8 Å². The summed E-state index contributed by atoms with van der Waals surface area (Å²) in [5.74, 6) is -4.36. The number of rotatable bonds is 35. The number of nitrogens with zero attached hydrogens (tertiary/aromatic N) is 2. The number of ether oxygens (including phenoxy) is 2. The van der Waals surface area contributed by atoms with Crippen molar-refractivity contribution in [2.45, 2.75) is 95.5 Å². The molecule has 2 heterocycles. The molecule has 30 heteroatoms. The van der Waals surface area contributed by atoms with Crippen LogP contribution in [-0.2, 0) is 82.6 Å². The average Bonchev–Trinajstić information content (AvgIpc) is 0.797. The molecular formula is C70H90N14O14S2. The summed E-state index contributed by atoms with van der Waals surface area (Å²) in [5, 5.41) is 13.9. The van der Waals surface area contributed by atoms with Crippen molar-refractivity contribution in [1.82, 2.24) is 42.1 Å². The van der Waals surface area contributed by atoms with E-state index in [1.165, 1.54) is 60.7 Å². The molecule has 2 aliphatic heterocycles. The Morgan fingerprint density at radius 2 is 0.870 bits per heavy atom. The Morgan fingerprint density at radius 1 is 0.450 bits per heavy atom. The number of hydroxylamine groups is 1. The van der Waals surface area contributed by atoms with Crippen LogP contribution in [0.5, 0.6) is 0 Å². The molecule has 2 fully saturated rings. The van der Waals surface area contributed by atoms with Crippen LogP contribution in [0.15, 0.2) is 131 Å². The number of amides is 7. The van der Waals surface area contributed by atoms with Gasteiger partial charge >= 0.3 is 23.6 Å². The average molecular weight is 1420 g/mol. The van der Waals surface area contributed by atoms with E-state index in [4.69, 9.17) is 14.3 Å². The number of hydrogen-bond acceptors (Lipinski definition) is 19. The smallest absolute Gasteiger partial charge is 0.327 e. The fraction of sp³-hybridized carbons (Fsp3) is 0.386. The highest BCUT2D eigenvalue weighted by atomic mass is 32.2. The second-order valence-electron chi connectivity index (χ2n) is 24.2. The number of hydrazine groups is 2. The van der Waals surface area contributed by atoms with Crippen molar-refractivity contribution in [3.05, 3.63) is 166 Å². The zero-order valence-electron chi connectivity index (χ0n) is 56.7. The van der Waals surface area contributed by atoms with E-state index in [0.717, 1.165) is 76.1 Å². The number of anilines is 6. The fourth-order valence-corrected chi connectivity index (χ4v) is 13.7. The molecule has 12 N–H and O–H groups in total. The van der Waals surface area contributed by atoms with Crippen molar-refractivity contribution in [1.29, 1.82) is 0 Å². The van der Waals surface area contributed by atoms with Gasteiger partial charge in [0.1, 0.15) is 0 Å². The van der Waals surface area contributed by atoms with Crippen LogP contribution < -0.4 is 63.2 Å². The van der Waals surface area contributed by atoms with E-state index in [1.807, 2.05) is 24.3 Å². The third-order valence-corrected chi connectivity index (χ3v) is 19.6. The zero-order chi connectivity index (χ0) is 71.4. The molecule has 536 valence electrons. The number of unbranched alkanes of at least 4 members (excludes halogenated alkanes) is 3. The fourth-order valence-electron chi connectivity index (χ4n) is 11.1. The van der Waals surface area contributed by atoms with E-state index in [2.05, 4.69) is 73.0 Å². The molecule has 0 aromatic heterocycles. The maximum atomic E-state index is 13.7. The molecule has 0 radical (unpaired) electrons. The molecular weight excluding hydrogens is 1320 g/mol. The van der Waals surface area contributed by atoms with Crippen molar-refractivity contribution in [3.8, 4) is 0 Å². The molecule has 6 aromatic carbocycles. The largest absolute Gasteiger partial charge is 0.379 e. The summed E-state index contributed by atoms with van der Waals surface area (Å²) >= 11 is 0. The number of nitrogens with one attached hydrogen (secondary N) is 12. The number of carbonyl (C=O) groups excluding carboxylic acids is 7. The van der Waals surface area contributed by atoms with Gasteiger partial charge in [0.05, 0.1) is 67.0 Å². The van der Waals surface area contributed by atoms with Gasteiger partial charge < -0.3 is 36.1 Å². The van der Waals surface area contributed by atoms with Crippen LogP contribution in [0.25, 0.3) is 0 Å². The minimum atomic E-state index is -4.15. The summed E-state index contributed by atoms with van der Waals surface area (Å²) in [6.45, 7) is 16.3. The summed E-state index contributed by atoms with van der Waals surface area (Å²) in [6, 6.07) is 32.4. The zero-order valence-corrected chi connectivity index (χ0v) is 58.4.